The van der Waals surface area contributed by atoms with Crippen LogP contribution in [0.15, 0.2) is 42.7 Å². The molecule has 0 radical (unpaired) electrons. The molecule has 1 aromatic carbocycles. The number of aromatic nitrogens is 2. The molecule has 1 aliphatic rings. The Kier molecular flexibility index (Phi) is 6.85. The summed E-state index contributed by atoms with van der Waals surface area (Å²) in [6.45, 7) is 2.03. The number of primary amides is 1. The van der Waals surface area contributed by atoms with Gasteiger partial charge in [-0.3, -0.25) is 14.3 Å². The Hall–Kier alpha value is -2.90. The molecule has 0 saturated carbocycles. The molecule has 2 amide bonds. The highest BCUT2D eigenvalue weighted by Crippen LogP contribution is 2.34. The molecule has 0 unspecified atom stereocenters. The van der Waals surface area contributed by atoms with Gasteiger partial charge in [0.2, 0.25) is 11.8 Å². The van der Waals surface area contributed by atoms with Crippen LogP contribution in [-0.2, 0) is 16.1 Å². The molecule has 1 atom stereocenters. The Morgan fingerprint density at radius 2 is 2.07 bits per heavy atom. The van der Waals surface area contributed by atoms with Gasteiger partial charge in [0, 0.05) is 50.3 Å². The van der Waals surface area contributed by atoms with Gasteiger partial charge in [-0.05, 0) is 49.6 Å². The van der Waals surface area contributed by atoms with E-state index in [9.17, 15) is 14.0 Å². The van der Waals surface area contributed by atoms with Crippen LogP contribution in [0, 0.1) is 11.2 Å². The van der Waals surface area contributed by atoms with Crippen LogP contribution in [0.4, 0.5) is 4.39 Å². The maximum absolute atomic E-state index is 13.1. The average Bonchev–Trinajstić information content (AvgIpc) is 3.21. The van der Waals surface area contributed by atoms with Gasteiger partial charge in [0.15, 0.2) is 0 Å². The minimum atomic E-state index is -0.532. The summed E-state index contributed by atoms with van der Waals surface area (Å²) in [5.41, 5.74) is 4.96. The van der Waals surface area contributed by atoms with Crippen molar-refractivity contribution in [1.29, 1.82) is 0 Å². The molecule has 8 heteroatoms. The first-order chi connectivity index (χ1) is 14.0. The number of amides is 2. The SMILES string of the molecule is NC(=O)C[C@]1(COc2ccc(F)cc2)CCCN(C(=O)CCCn2cccn2)C1. The zero-order chi connectivity index (χ0) is 20.7. The van der Waals surface area contributed by atoms with E-state index in [1.807, 2.05) is 17.2 Å². The third-order valence-electron chi connectivity index (χ3n) is 5.26. The zero-order valence-corrected chi connectivity index (χ0v) is 16.4. The molecule has 7 nitrogen and oxygen atoms in total. The number of piperidine rings is 1. The van der Waals surface area contributed by atoms with Crippen LogP contribution in [-0.4, -0.2) is 46.2 Å². The summed E-state index contributed by atoms with van der Waals surface area (Å²) in [4.78, 5) is 26.2. The van der Waals surface area contributed by atoms with Crippen LogP contribution in [0.5, 0.6) is 5.75 Å². The zero-order valence-electron chi connectivity index (χ0n) is 16.4. The smallest absolute Gasteiger partial charge is 0.222 e. The number of halogens is 1. The van der Waals surface area contributed by atoms with Crippen molar-refractivity contribution in [3.8, 4) is 5.75 Å². The molecule has 156 valence electrons. The first-order valence-electron chi connectivity index (χ1n) is 9.88. The molecular weight excluding hydrogens is 375 g/mol. The number of hydrogen-bond donors (Lipinski definition) is 1. The van der Waals surface area contributed by atoms with E-state index in [1.165, 1.54) is 12.1 Å². The van der Waals surface area contributed by atoms with Gasteiger partial charge in [0.05, 0.1) is 6.61 Å². The second-order valence-electron chi connectivity index (χ2n) is 7.68. The van der Waals surface area contributed by atoms with Gasteiger partial charge in [0.25, 0.3) is 0 Å². The van der Waals surface area contributed by atoms with E-state index in [2.05, 4.69) is 5.10 Å². The molecule has 0 spiro atoms. The highest BCUT2D eigenvalue weighted by atomic mass is 19.1. The van der Waals surface area contributed by atoms with Crippen molar-refractivity contribution in [3.63, 3.8) is 0 Å². The second kappa shape index (κ2) is 9.54. The Morgan fingerprint density at radius 3 is 2.76 bits per heavy atom. The molecule has 2 N–H and O–H groups in total. The Balaban J connectivity index is 1.59. The molecule has 1 aromatic heterocycles. The summed E-state index contributed by atoms with van der Waals surface area (Å²) in [5.74, 6) is -0.167. The van der Waals surface area contributed by atoms with Crippen LogP contribution < -0.4 is 10.5 Å². The maximum atomic E-state index is 13.1. The van der Waals surface area contributed by atoms with Crippen LogP contribution in [0.1, 0.15) is 32.1 Å². The van der Waals surface area contributed by atoms with Gasteiger partial charge in [-0.15, -0.1) is 0 Å². The third-order valence-corrected chi connectivity index (χ3v) is 5.26. The summed E-state index contributed by atoms with van der Waals surface area (Å²) < 4.78 is 20.7. The van der Waals surface area contributed by atoms with Gasteiger partial charge in [-0.1, -0.05) is 0 Å². The Bertz CT molecular complexity index is 810. The highest BCUT2D eigenvalue weighted by Gasteiger charge is 2.39. The van der Waals surface area contributed by atoms with Crippen molar-refractivity contribution >= 4 is 11.8 Å². The van der Waals surface area contributed by atoms with Crippen molar-refractivity contribution in [2.45, 2.75) is 38.6 Å². The number of carbonyl (C=O) groups excluding carboxylic acids is 2. The second-order valence-corrected chi connectivity index (χ2v) is 7.68. The van der Waals surface area contributed by atoms with Crippen molar-refractivity contribution < 1.29 is 18.7 Å². The average molecular weight is 402 g/mol. The van der Waals surface area contributed by atoms with Gasteiger partial charge < -0.3 is 15.4 Å². The van der Waals surface area contributed by atoms with Crippen molar-refractivity contribution in [3.05, 3.63) is 48.5 Å². The lowest BCUT2D eigenvalue weighted by Gasteiger charge is -2.42. The number of aryl methyl sites for hydroxylation is 1. The van der Waals surface area contributed by atoms with E-state index in [1.54, 1.807) is 23.0 Å². The summed E-state index contributed by atoms with van der Waals surface area (Å²) in [6, 6.07) is 7.60. The maximum Gasteiger partial charge on any atom is 0.222 e. The minimum absolute atomic E-state index is 0.0625. The number of benzene rings is 1. The lowest BCUT2D eigenvalue weighted by molar-refractivity contribution is -0.137. The molecule has 1 aliphatic heterocycles. The Morgan fingerprint density at radius 1 is 1.28 bits per heavy atom. The molecule has 0 bridgehead atoms. The quantitative estimate of drug-likeness (QED) is 0.697. The number of nitrogens with two attached hydrogens (primary N) is 1. The monoisotopic (exact) mass is 402 g/mol. The predicted molar refractivity (Wildman–Crippen MR) is 105 cm³/mol. The minimum Gasteiger partial charge on any atom is -0.493 e. The summed E-state index contributed by atoms with van der Waals surface area (Å²) >= 11 is 0. The Labute approximate surface area is 169 Å². The van der Waals surface area contributed by atoms with Crippen molar-refractivity contribution in [2.24, 2.45) is 11.1 Å². The summed E-state index contributed by atoms with van der Waals surface area (Å²) in [6.07, 6.45) is 6.38. The first-order valence-corrected chi connectivity index (χ1v) is 9.88. The molecule has 2 aromatic rings. The predicted octanol–water partition coefficient (Wildman–Crippen LogP) is 2.37. The molecular formula is C21H27FN4O3. The van der Waals surface area contributed by atoms with E-state index in [0.29, 0.717) is 38.2 Å². The molecule has 0 aliphatic carbocycles. The van der Waals surface area contributed by atoms with Gasteiger partial charge in [0.1, 0.15) is 11.6 Å². The first kappa shape index (κ1) is 20.8. The van der Waals surface area contributed by atoms with E-state index >= 15 is 0 Å². The number of likely N-dealkylation sites (tertiary alicyclic amines) is 1. The van der Waals surface area contributed by atoms with Crippen LogP contribution in [0.3, 0.4) is 0 Å². The number of hydrogen-bond acceptors (Lipinski definition) is 4. The summed E-state index contributed by atoms with van der Waals surface area (Å²) in [5, 5.41) is 4.14. The fourth-order valence-corrected chi connectivity index (χ4v) is 3.85. The van der Waals surface area contributed by atoms with Crippen LogP contribution >= 0.6 is 0 Å². The van der Waals surface area contributed by atoms with Gasteiger partial charge >= 0.3 is 0 Å². The number of carbonyl (C=O) groups is 2. The fraction of sp³-hybridized carbons (Fsp3) is 0.476. The third kappa shape index (κ3) is 6.04. The van der Waals surface area contributed by atoms with Crippen LogP contribution in [0.2, 0.25) is 0 Å². The van der Waals surface area contributed by atoms with Crippen LogP contribution in [0.25, 0.3) is 0 Å². The van der Waals surface area contributed by atoms with Gasteiger partial charge in [-0.25, -0.2) is 4.39 Å². The normalized spacial score (nSPS) is 19.1. The number of ether oxygens (including phenoxy) is 1. The standard InChI is InChI=1S/C21H27FN4O3/c22-17-5-7-18(8-6-17)29-16-21(14-19(23)27)9-2-11-25(15-21)20(28)4-1-12-26-13-3-10-24-26/h3,5-8,10,13H,1-2,4,9,11-12,14-16H2,(H2,23,27)/t21-/m1/s1. The molecule has 2 heterocycles. The molecule has 1 saturated heterocycles. The molecule has 1 fully saturated rings. The lowest BCUT2D eigenvalue weighted by Crippen LogP contribution is -2.50. The number of nitrogens with zero attached hydrogens (tertiary/aromatic N) is 3. The van der Waals surface area contributed by atoms with Crippen molar-refractivity contribution in [2.75, 3.05) is 19.7 Å². The van der Waals surface area contributed by atoms with E-state index in [0.717, 1.165) is 12.8 Å². The number of rotatable bonds is 9. The van der Waals surface area contributed by atoms with E-state index in [-0.39, 0.29) is 24.8 Å². The van der Waals surface area contributed by atoms with Crippen molar-refractivity contribution in [1.82, 2.24) is 14.7 Å². The largest absolute Gasteiger partial charge is 0.493 e. The highest BCUT2D eigenvalue weighted by molar-refractivity contribution is 5.77. The molecule has 3 rings (SSSR count). The fourth-order valence-electron chi connectivity index (χ4n) is 3.85. The topological polar surface area (TPSA) is 90.5 Å². The summed E-state index contributed by atoms with van der Waals surface area (Å²) in [7, 11) is 0. The van der Waals surface area contributed by atoms with Gasteiger partial charge in [-0.2, -0.15) is 5.10 Å². The van der Waals surface area contributed by atoms with E-state index < -0.39 is 11.3 Å². The molecule has 29 heavy (non-hydrogen) atoms. The van der Waals surface area contributed by atoms with E-state index in [4.69, 9.17) is 10.5 Å². The lowest BCUT2D eigenvalue weighted by atomic mass is 9.77.